The highest BCUT2D eigenvalue weighted by Crippen LogP contribution is 2.35. The van der Waals surface area contributed by atoms with Gasteiger partial charge in [0.05, 0.1) is 41.1 Å². The number of rotatable bonds is 4. The van der Waals surface area contributed by atoms with E-state index in [1.165, 1.54) is 0 Å². The first kappa shape index (κ1) is 20.7. The molecule has 1 unspecified atom stereocenters. The number of β-amino-alcohol motifs (C(OH)–C–C–N with tert-alkyl or cyclic N) is 1. The number of nitrogens with one attached hydrogen (secondary N) is 2. The molecule has 0 bridgehead atoms. The fraction of sp³-hybridized carbons (Fsp3) is 0.269. The quantitative estimate of drug-likeness (QED) is 0.436. The molecule has 0 radical (unpaired) electrons. The number of piperidine rings is 1. The topological polar surface area (TPSA) is 94.8 Å². The van der Waals surface area contributed by atoms with E-state index < -0.39 is 0 Å². The van der Waals surface area contributed by atoms with Crippen LogP contribution in [0.5, 0.6) is 0 Å². The highest BCUT2D eigenvalue weighted by atomic mass is 16.3. The molecule has 172 valence electrons. The van der Waals surface area contributed by atoms with Crippen LogP contribution in [-0.2, 0) is 6.54 Å². The molecule has 1 amide bonds. The molecule has 8 nitrogen and oxygen atoms in total. The Balaban J connectivity index is 1.32. The molecule has 2 aliphatic heterocycles. The van der Waals surface area contributed by atoms with E-state index in [2.05, 4.69) is 36.0 Å². The van der Waals surface area contributed by atoms with Gasteiger partial charge in [0.15, 0.2) is 0 Å². The predicted octanol–water partition coefficient (Wildman–Crippen LogP) is 3.65. The lowest BCUT2D eigenvalue weighted by atomic mass is 9.99. The molecule has 8 heteroatoms. The van der Waals surface area contributed by atoms with Crippen molar-refractivity contribution in [2.24, 2.45) is 0 Å². The highest BCUT2D eigenvalue weighted by molar-refractivity contribution is 6.06. The van der Waals surface area contributed by atoms with Crippen molar-refractivity contribution in [3.63, 3.8) is 0 Å². The predicted molar refractivity (Wildman–Crippen MR) is 132 cm³/mol. The van der Waals surface area contributed by atoms with Crippen molar-refractivity contribution in [1.82, 2.24) is 19.7 Å². The summed E-state index contributed by atoms with van der Waals surface area (Å²) in [7, 11) is 0. The molecule has 0 spiro atoms. The van der Waals surface area contributed by atoms with E-state index in [9.17, 15) is 9.90 Å². The maximum Gasteiger partial charge on any atom is 0.254 e. The number of imidazole rings is 1. The number of anilines is 3. The summed E-state index contributed by atoms with van der Waals surface area (Å²) in [6.45, 7) is 4.07. The summed E-state index contributed by atoms with van der Waals surface area (Å²) in [5, 5.41) is 16.2. The summed E-state index contributed by atoms with van der Waals surface area (Å²) in [5.41, 5.74) is 7.30. The third kappa shape index (κ3) is 3.56. The number of aliphatic hydroxyl groups excluding tert-OH is 1. The Hall–Kier alpha value is -3.91. The van der Waals surface area contributed by atoms with Crippen LogP contribution >= 0.6 is 0 Å². The van der Waals surface area contributed by atoms with Crippen LogP contribution in [-0.4, -0.2) is 44.6 Å². The first-order valence-electron chi connectivity index (χ1n) is 11.6. The Kier molecular flexibility index (Phi) is 4.95. The van der Waals surface area contributed by atoms with Gasteiger partial charge in [0.2, 0.25) is 0 Å². The van der Waals surface area contributed by atoms with E-state index in [1.54, 1.807) is 0 Å². The van der Waals surface area contributed by atoms with Crippen molar-refractivity contribution < 1.29 is 9.90 Å². The maximum absolute atomic E-state index is 12.8. The zero-order chi connectivity index (χ0) is 23.2. The molecule has 0 aliphatic carbocycles. The first-order chi connectivity index (χ1) is 16.6. The molecule has 4 aromatic rings. The Morgan fingerprint density at radius 1 is 1.15 bits per heavy atom. The normalized spacial score (nSPS) is 17.6. The molecule has 1 atom stereocenters. The maximum atomic E-state index is 12.8. The number of carbonyl (C=O) groups is 1. The van der Waals surface area contributed by atoms with E-state index in [0.717, 1.165) is 58.8 Å². The zero-order valence-electron chi connectivity index (χ0n) is 19.0. The minimum absolute atomic E-state index is 0.0945. The summed E-state index contributed by atoms with van der Waals surface area (Å²) in [6.07, 6.45) is 7.22. The lowest BCUT2D eigenvalue weighted by molar-refractivity contribution is 0.0966. The van der Waals surface area contributed by atoms with Gasteiger partial charge in [-0.05, 0) is 61.2 Å². The van der Waals surface area contributed by atoms with Crippen LogP contribution in [0.3, 0.4) is 0 Å². The first-order valence-corrected chi connectivity index (χ1v) is 11.6. The number of aromatic nitrogens is 3. The average Bonchev–Trinajstić information content (AvgIpc) is 3.44. The minimum atomic E-state index is -0.289. The Bertz CT molecular complexity index is 1390. The van der Waals surface area contributed by atoms with Crippen LogP contribution in [0.1, 0.15) is 34.3 Å². The number of benzene rings is 1. The smallest absolute Gasteiger partial charge is 0.254 e. The molecule has 0 saturated carbocycles. The third-order valence-electron chi connectivity index (χ3n) is 6.68. The van der Waals surface area contributed by atoms with E-state index in [0.29, 0.717) is 24.5 Å². The van der Waals surface area contributed by atoms with E-state index >= 15 is 0 Å². The molecule has 3 N–H and O–H groups in total. The van der Waals surface area contributed by atoms with Crippen LogP contribution in [0.25, 0.3) is 16.9 Å². The van der Waals surface area contributed by atoms with Gasteiger partial charge < -0.3 is 20.6 Å². The van der Waals surface area contributed by atoms with Crippen LogP contribution in [0.2, 0.25) is 0 Å². The van der Waals surface area contributed by atoms with Gasteiger partial charge in [0, 0.05) is 31.4 Å². The second kappa shape index (κ2) is 8.14. The van der Waals surface area contributed by atoms with Crippen molar-refractivity contribution in [1.29, 1.82) is 0 Å². The number of hydrogen-bond donors (Lipinski definition) is 3. The van der Waals surface area contributed by atoms with Crippen LogP contribution in [0.4, 0.5) is 17.2 Å². The minimum Gasteiger partial charge on any atom is -0.391 e. The number of pyridine rings is 2. The monoisotopic (exact) mass is 454 g/mol. The van der Waals surface area contributed by atoms with Gasteiger partial charge in [0.1, 0.15) is 11.5 Å². The number of hydrogen-bond acceptors (Lipinski definition) is 6. The molecular formula is C26H26N6O2. The molecule has 6 rings (SSSR count). The molecule has 1 aromatic carbocycles. The van der Waals surface area contributed by atoms with Crippen molar-refractivity contribution >= 4 is 28.7 Å². The fourth-order valence-electron chi connectivity index (χ4n) is 4.95. The van der Waals surface area contributed by atoms with Gasteiger partial charge in [-0.3, -0.25) is 9.20 Å². The van der Waals surface area contributed by atoms with Crippen LogP contribution in [0, 0.1) is 6.92 Å². The van der Waals surface area contributed by atoms with E-state index in [4.69, 9.17) is 0 Å². The number of fused-ring (bicyclic) bond motifs is 2. The molecule has 34 heavy (non-hydrogen) atoms. The second-order valence-electron chi connectivity index (χ2n) is 9.04. The Morgan fingerprint density at radius 2 is 2.06 bits per heavy atom. The molecule has 3 aromatic heterocycles. The largest absolute Gasteiger partial charge is 0.391 e. The van der Waals surface area contributed by atoms with Crippen molar-refractivity contribution in [2.45, 2.75) is 32.4 Å². The lowest BCUT2D eigenvalue weighted by Gasteiger charge is -2.31. The standard InChI is InChI=1S/C26H26N6O2/c1-16-8-10-32-22(14-28-24(32)11-16)19-5-6-21(25-20(19)13-29-26(25)34)30-23-7-4-17(12-27-23)31-9-2-3-18(33)15-31/h4-8,10-12,14,18,33H,2-3,9,13,15H2,1H3,(H,27,30)(H,29,34). The van der Waals surface area contributed by atoms with Crippen LogP contribution < -0.4 is 15.5 Å². The molecule has 2 aliphatic rings. The molecular weight excluding hydrogens is 428 g/mol. The van der Waals surface area contributed by atoms with Gasteiger partial charge >= 0.3 is 0 Å². The average molecular weight is 455 g/mol. The lowest BCUT2D eigenvalue weighted by Crippen LogP contribution is -2.38. The number of nitrogens with zero attached hydrogens (tertiary/aromatic N) is 4. The fourth-order valence-corrected chi connectivity index (χ4v) is 4.95. The summed E-state index contributed by atoms with van der Waals surface area (Å²) in [5.74, 6) is 0.573. The molecule has 1 saturated heterocycles. The molecule has 1 fully saturated rings. The van der Waals surface area contributed by atoms with Gasteiger partial charge in [0.25, 0.3) is 5.91 Å². The number of carbonyl (C=O) groups excluding carboxylic acids is 1. The number of aryl methyl sites for hydroxylation is 1. The number of aliphatic hydroxyl groups is 1. The summed E-state index contributed by atoms with van der Waals surface area (Å²) in [4.78, 5) is 24.0. The van der Waals surface area contributed by atoms with Gasteiger partial charge in [-0.2, -0.15) is 0 Å². The summed E-state index contributed by atoms with van der Waals surface area (Å²) < 4.78 is 2.05. The van der Waals surface area contributed by atoms with Crippen molar-refractivity contribution in [2.75, 3.05) is 23.3 Å². The summed E-state index contributed by atoms with van der Waals surface area (Å²) >= 11 is 0. The highest BCUT2D eigenvalue weighted by Gasteiger charge is 2.27. The number of amides is 1. The zero-order valence-corrected chi connectivity index (χ0v) is 19.0. The van der Waals surface area contributed by atoms with Crippen molar-refractivity contribution in [3.05, 3.63) is 71.7 Å². The van der Waals surface area contributed by atoms with Crippen molar-refractivity contribution in [3.8, 4) is 11.3 Å². The Labute approximate surface area is 197 Å². The van der Waals surface area contributed by atoms with Gasteiger partial charge in [-0.15, -0.1) is 0 Å². The van der Waals surface area contributed by atoms with Crippen LogP contribution in [0.15, 0.2) is 55.0 Å². The second-order valence-corrected chi connectivity index (χ2v) is 9.04. The SMILES string of the molecule is Cc1ccn2c(-c3ccc(Nc4ccc(N5CCCC(O)C5)cn4)c4c3CNC4=O)cnc2c1. The van der Waals surface area contributed by atoms with E-state index in [-0.39, 0.29) is 12.0 Å². The molecule has 5 heterocycles. The van der Waals surface area contributed by atoms with Gasteiger partial charge in [-0.25, -0.2) is 9.97 Å². The Morgan fingerprint density at radius 3 is 2.88 bits per heavy atom. The summed E-state index contributed by atoms with van der Waals surface area (Å²) in [6, 6.07) is 12.0. The van der Waals surface area contributed by atoms with E-state index in [1.807, 2.05) is 55.8 Å². The van der Waals surface area contributed by atoms with Gasteiger partial charge in [-0.1, -0.05) is 6.07 Å². The third-order valence-corrected chi connectivity index (χ3v) is 6.68.